The van der Waals surface area contributed by atoms with Crippen LogP contribution in [0.3, 0.4) is 0 Å². The molecular formula is C43H70N8O10S. The van der Waals surface area contributed by atoms with Gasteiger partial charge in [0.2, 0.25) is 41.4 Å². The van der Waals surface area contributed by atoms with Gasteiger partial charge in [-0.3, -0.25) is 33.6 Å². The molecule has 0 saturated carbocycles. The Labute approximate surface area is 370 Å². The summed E-state index contributed by atoms with van der Waals surface area (Å²) < 4.78 is 0. The molecule has 1 aromatic carbocycles. The monoisotopic (exact) mass is 890 g/mol. The SMILES string of the molecule is CC[C@H](C)[C@H](NC(=O)[C@H](CS)NC(=O)[C@@H]1CCCN1C(=O)[C@@H](NC(=O)[C@H](Cc1ccccc1)NC(=O)[C@H](CO)NC(=O)[C@@H](NC(=O)[C@@H](N)CC(C)C)C(C)C)[C@@H](C)CC)C(=O)O. The van der Waals surface area contributed by atoms with E-state index in [1.165, 1.54) is 4.90 Å². The number of carbonyl (C=O) groups excluding carboxylic acids is 7. The van der Waals surface area contributed by atoms with Gasteiger partial charge in [0, 0.05) is 18.7 Å². The molecule has 2 rings (SSSR count). The standard InChI is InChI=1S/C43H70N8O10S/c1-9-25(7)34(42(59)51-18-14-17-32(51)40(57)47-31(22-62)39(56)50-35(43(60)61)26(8)10-2)49-37(54)29(20-27-15-12-11-13-16-27)45-38(55)30(21-52)46-41(58)33(24(5)6)48-36(53)28(44)19-23(3)4/h11-13,15-16,23-26,28-35,52,62H,9-10,14,17-22,44H2,1-8H3,(H,45,55)(H,46,58)(H,47,57)(H,48,53)(H,49,54)(H,50,56)(H,60,61)/t25-,26-,28-,29-,30-,31-,32-,33-,34-,35-/m0/s1. The highest BCUT2D eigenvalue weighted by Crippen LogP contribution is 2.22. The first-order valence-corrected chi connectivity index (χ1v) is 22.2. The van der Waals surface area contributed by atoms with Crippen molar-refractivity contribution in [1.29, 1.82) is 0 Å². The number of amides is 7. The van der Waals surface area contributed by atoms with E-state index in [2.05, 4.69) is 44.5 Å². The molecule has 348 valence electrons. The third-order valence-corrected chi connectivity index (χ3v) is 11.6. The fourth-order valence-corrected chi connectivity index (χ4v) is 7.27. The third kappa shape index (κ3) is 15.9. The molecular weight excluding hydrogens is 821 g/mol. The fraction of sp³-hybridized carbons (Fsp3) is 0.674. The minimum absolute atomic E-state index is 0.0357. The fourth-order valence-electron chi connectivity index (χ4n) is 7.01. The molecule has 10 N–H and O–H groups in total. The number of aliphatic hydroxyl groups excluding tert-OH is 1. The number of hydrogen-bond donors (Lipinski definition) is 10. The molecule has 10 atom stereocenters. The third-order valence-electron chi connectivity index (χ3n) is 11.2. The summed E-state index contributed by atoms with van der Waals surface area (Å²) in [5.74, 6) is -7.34. The van der Waals surface area contributed by atoms with Gasteiger partial charge >= 0.3 is 5.97 Å². The molecule has 62 heavy (non-hydrogen) atoms. The van der Waals surface area contributed by atoms with Gasteiger partial charge in [-0.25, -0.2) is 4.79 Å². The van der Waals surface area contributed by atoms with Gasteiger partial charge in [-0.1, -0.05) is 98.6 Å². The van der Waals surface area contributed by atoms with Crippen LogP contribution in [0, 0.1) is 23.7 Å². The maximum absolute atomic E-state index is 14.3. The number of likely N-dealkylation sites (tertiary alicyclic amines) is 1. The minimum Gasteiger partial charge on any atom is -0.480 e. The zero-order valence-electron chi connectivity index (χ0n) is 37.3. The number of benzene rings is 1. The number of aliphatic carboxylic acids is 1. The highest BCUT2D eigenvalue weighted by atomic mass is 32.1. The maximum atomic E-state index is 14.3. The molecule has 1 saturated heterocycles. The molecule has 19 heteroatoms. The van der Waals surface area contributed by atoms with Gasteiger partial charge in [-0.2, -0.15) is 12.6 Å². The predicted octanol–water partition coefficient (Wildman–Crippen LogP) is 0.257. The van der Waals surface area contributed by atoms with Crippen LogP contribution in [0.5, 0.6) is 0 Å². The van der Waals surface area contributed by atoms with Crippen LogP contribution < -0.4 is 37.6 Å². The first kappa shape index (κ1) is 53.4. The van der Waals surface area contributed by atoms with Crippen molar-refractivity contribution < 1.29 is 48.6 Å². The van der Waals surface area contributed by atoms with Crippen LogP contribution in [-0.2, 0) is 44.8 Å². The van der Waals surface area contributed by atoms with E-state index in [-0.39, 0.29) is 37.0 Å². The second kappa shape index (κ2) is 26.0. The van der Waals surface area contributed by atoms with Crippen LogP contribution >= 0.6 is 12.6 Å². The number of thiol groups is 1. The molecule has 0 bridgehead atoms. The van der Waals surface area contributed by atoms with Crippen molar-refractivity contribution in [3.05, 3.63) is 35.9 Å². The van der Waals surface area contributed by atoms with Crippen molar-refractivity contribution in [2.75, 3.05) is 18.9 Å². The van der Waals surface area contributed by atoms with Crippen molar-refractivity contribution in [1.82, 2.24) is 36.8 Å². The summed E-state index contributed by atoms with van der Waals surface area (Å²) in [5.41, 5.74) is 6.69. The van der Waals surface area contributed by atoms with E-state index in [0.717, 1.165) is 0 Å². The van der Waals surface area contributed by atoms with E-state index < -0.39 is 114 Å². The van der Waals surface area contributed by atoms with E-state index in [4.69, 9.17) is 5.73 Å². The number of nitrogens with zero attached hydrogens (tertiary/aromatic N) is 1. The average molecular weight is 891 g/mol. The Balaban J connectivity index is 2.32. The van der Waals surface area contributed by atoms with Crippen LogP contribution in [0.25, 0.3) is 0 Å². The molecule has 0 aliphatic carbocycles. The topological polar surface area (TPSA) is 278 Å². The Bertz CT molecular complexity index is 1680. The number of aliphatic hydroxyl groups is 1. The number of hydrogen-bond acceptors (Lipinski definition) is 11. The lowest BCUT2D eigenvalue weighted by atomic mass is 9.96. The molecule has 0 radical (unpaired) electrons. The summed E-state index contributed by atoms with van der Waals surface area (Å²) in [6.45, 7) is 13.6. The Morgan fingerprint density at radius 1 is 0.726 bits per heavy atom. The number of nitrogens with two attached hydrogens (primary N) is 1. The van der Waals surface area contributed by atoms with E-state index in [1.54, 1.807) is 65.0 Å². The lowest BCUT2D eigenvalue weighted by Gasteiger charge is -2.33. The number of carbonyl (C=O) groups is 8. The van der Waals surface area contributed by atoms with Gasteiger partial charge in [0.05, 0.1) is 12.6 Å². The van der Waals surface area contributed by atoms with Gasteiger partial charge in [0.15, 0.2) is 0 Å². The van der Waals surface area contributed by atoms with Crippen LogP contribution in [0.15, 0.2) is 30.3 Å². The van der Waals surface area contributed by atoms with Crippen LogP contribution in [-0.4, -0.2) is 130 Å². The maximum Gasteiger partial charge on any atom is 0.326 e. The molecule has 0 aromatic heterocycles. The molecule has 1 aliphatic rings. The number of rotatable bonds is 25. The smallest absolute Gasteiger partial charge is 0.326 e. The van der Waals surface area contributed by atoms with Gasteiger partial charge < -0.3 is 52.7 Å². The Morgan fingerprint density at radius 3 is 1.79 bits per heavy atom. The molecule has 1 fully saturated rings. The van der Waals surface area contributed by atoms with Gasteiger partial charge in [-0.15, -0.1) is 0 Å². The van der Waals surface area contributed by atoms with E-state index in [0.29, 0.717) is 31.2 Å². The van der Waals surface area contributed by atoms with Crippen LogP contribution in [0.4, 0.5) is 0 Å². The van der Waals surface area contributed by atoms with E-state index in [1.807, 2.05) is 20.8 Å². The second-order valence-electron chi connectivity index (χ2n) is 17.0. The predicted molar refractivity (Wildman–Crippen MR) is 236 cm³/mol. The molecule has 18 nitrogen and oxygen atoms in total. The quantitative estimate of drug-likeness (QED) is 0.0595. The van der Waals surface area contributed by atoms with Gasteiger partial charge in [0.25, 0.3) is 0 Å². The summed E-state index contributed by atoms with van der Waals surface area (Å²) >= 11 is 4.22. The first-order valence-electron chi connectivity index (χ1n) is 21.6. The molecule has 7 amide bonds. The van der Waals surface area contributed by atoms with Crippen LogP contribution in [0.2, 0.25) is 0 Å². The number of carboxylic acids is 1. The van der Waals surface area contributed by atoms with E-state index in [9.17, 15) is 48.6 Å². The Kier molecular flexibility index (Phi) is 22.4. The molecule has 1 aromatic rings. The zero-order chi connectivity index (χ0) is 46.8. The molecule has 1 aliphatic heterocycles. The molecule has 0 unspecified atom stereocenters. The highest BCUT2D eigenvalue weighted by molar-refractivity contribution is 7.80. The minimum atomic E-state index is -1.53. The van der Waals surface area contributed by atoms with Crippen molar-refractivity contribution in [2.24, 2.45) is 29.4 Å². The number of carboxylic acid groups (broad SMARTS) is 1. The lowest BCUT2D eigenvalue weighted by Crippen LogP contribution is -2.62. The summed E-state index contributed by atoms with van der Waals surface area (Å²) in [5, 5.41) is 35.6. The summed E-state index contributed by atoms with van der Waals surface area (Å²) in [4.78, 5) is 109. The van der Waals surface area contributed by atoms with Crippen LogP contribution in [0.1, 0.15) is 93.1 Å². The first-order chi connectivity index (χ1) is 29.2. The van der Waals surface area contributed by atoms with Crippen molar-refractivity contribution in [3.8, 4) is 0 Å². The second-order valence-corrected chi connectivity index (χ2v) is 17.3. The Morgan fingerprint density at radius 2 is 1.26 bits per heavy atom. The Hall–Kier alpha value is -4.75. The molecule has 1 heterocycles. The van der Waals surface area contributed by atoms with Crippen molar-refractivity contribution in [3.63, 3.8) is 0 Å². The summed E-state index contributed by atoms with van der Waals surface area (Å²) in [6, 6.07) is -0.575. The van der Waals surface area contributed by atoms with Gasteiger partial charge in [0.1, 0.15) is 42.3 Å². The van der Waals surface area contributed by atoms with Gasteiger partial charge in [-0.05, 0) is 48.5 Å². The summed E-state index contributed by atoms with van der Waals surface area (Å²) in [7, 11) is 0. The average Bonchev–Trinajstić information content (AvgIpc) is 3.73. The summed E-state index contributed by atoms with van der Waals surface area (Å²) in [6.07, 6.45) is 1.98. The van der Waals surface area contributed by atoms with E-state index >= 15 is 0 Å². The highest BCUT2D eigenvalue weighted by Gasteiger charge is 2.41. The number of nitrogens with one attached hydrogen (secondary N) is 6. The largest absolute Gasteiger partial charge is 0.480 e. The zero-order valence-corrected chi connectivity index (χ0v) is 38.2. The van der Waals surface area contributed by atoms with Crippen molar-refractivity contribution >= 4 is 59.9 Å². The lowest BCUT2D eigenvalue weighted by molar-refractivity contribution is -0.144. The molecule has 0 spiro atoms. The normalized spacial score (nSPS) is 18.2. The van der Waals surface area contributed by atoms with Crippen molar-refractivity contribution in [2.45, 2.75) is 142 Å².